The molecule has 0 bridgehead atoms. The molecule has 1 amide bonds. The summed E-state index contributed by atoms with van der Waals surface area (Å²) in [4.78, 5) is 25.0. The summed E-state index contributed by atoms with van der Waals surface area (Å²) in [6, 6.07) is 24.8. The van der Waals surface area contributed by atoms with Gasteiger partial charge in [0, 0.05) is 39.4 Å². The van der Waals surface area contributed by atoms with Gasteiger partial charge >= 0.3 is 0 Å². The van der Waals surface area contributed by atoms with Crippen molar-refractivity contribution in [2.45, 2.75) is 0 Å². The number of aromatic nitrogens is 5. The fraction of sp³-hybridized carbons (Fsp3) is 0. The maximum absolute atomic E-state index is 12.6. The molecule has 34 heavy (non-hydrogen) atoms. The van der Waals surface area contributed by atoms with Crippen LogP contribution in [0.15, 0.2) is 91.3 Å². The Hall–Kier alpha value is -4.98. The van der Waals surface area contributed by atoms with Crippen molar-refractivity contribution >= 4 is 44.9 Å². The molecule has 0 unspecified atom stereocenters. The molecule has 0 fully saturated rings. The highest BCUT2D eigenvalue weighted by Gasteiger charge is 2.12. The van der Waals surface area contributed by atoms with Gasteiger partial charge in [0.1, 0.15) is 11.5 Å². The first kappa shape index (κ1) is 19.7. The summed E-state index contributed by atoms with van der Waals surface area (Å²) >= 11 is 0. The molecule has 3 aromatic heterocycles. The van der Waals surface area contributed by atoms with Crippen LogP contribution in [0.1, 0.15) is 10.5 Å². The fourth-order valence-electron chi connectivity index (χ4n) is 3.84. The minimum atomic E-state index is -0.194. The van der Waals surface area contributed by atoms with Gasteiger partial charge in [0.2, 0.25) is 0 Å². The topological polar surface area (TPSA) is 111 Å². The Bertz CT molecular complexity index is 1640. The van der Waals surface area contributed by atoms with E-state index in [9.17, 15) is 4.79 Å². The standard InChI is InChI=1S/C26H19N7O/c34-26(30-19-4-2-1-3-5-19)23-13-16-6-7-17(14-22(16)31-23)25-27-11-10-24(32-25)29-20-8-9-21-18(12-20)15-28-33-21/h1-15,31H,(H,28,33)(H,30,34)(H,27,29,32). The van der Waals surface area contributed by atoms with E-state index < -0.39 is 0 Å². The van der Waals surface area contributed by atoms with Gasteiger partial charge in [-0.2, -0.15) is 5.10 Å². The molecule has 3 heterocycles. The van der Waals surface area contributed by atoms with Crippen molar-refractivity contribution < 1.29 is 4.79 Å². The summed E-state index contributed by atoms with van der Waals surface area (Å²) in [5.74, 6) is 1.07. The van der Waals surface area contributed by atoms with Crippen LogP contribution in [-0.2, 0) is 0 Å². The third kappa shape index (κ3) is 3.84. The summed E-state index contributed by atoms with van der Waals surface area (Å²) in [6.07, 6.45) is 3.50. The van der Waals surface area contributed by atoms with Crippen molar-refractivity contribution in [1.29, 1.82) is 0 Å². The monoisotopic (exact) mass is 445 g/mol. The predicted octanol–water partition coefficient (Wildman–Crippen LogP) is 5.50. The molecule has 0 saturated carbocycles. The molecule has 8 heteroatoms. The molecule has 0 radical (unpaired) electrons. The van der Waals surface area contributed by atoms with Crippen LogP contribution in [-0.4, -0.2) is 31.1 Å². The van der Waals surface area contributed by atoms with Gasteiger partial charge in [0.05, 0.1) is 11.7 Å². The van der Waals surface area contributed by atoms with E-state index in [0.717, 1.165) is 38.7 Å². The SMILES string of the molecule is O=C(Nc1ccccc1)c1cc2ccc(-c3nccc(Nc4ccc5[nH]ncc5c4)n3)cc2[nH]1. The molecule has 164 valence electrons. The third-order valence-corrected chi connectivity index (χ3v) is 5.53. The number of fused-ring (bicyclic) bond motifs is 2. The lowest BCUT2D eigenvalue weighted by Gasteiger charge is -2.07. The van der Waals surface area contributed by atoms with Crippen molar-refractivity contribution in [1.82, 2.24) is 25.1 Å². The first-order chi connectivity index (χ1) is 16.7. The van der Waals surface area contributed by atoms with E-state index >= 15 is 0 Å². The average Bonchev–Trinajstić information content (AvgIpc) is 3.51. The number of nitrogens with zero attached hydrogens (tertiary/aromatic N) is 3. The van der Waals surface area contributed by atoms with Crippen molar-refractivity contribution in [3.8, 4) is 11.4 Å². The Kier molecular flexibility index (Phi) is 4.73. The van der Waals surface area contributed by atoms with Gasteiger partial charge in [-0.1, -0.05) is 30.3 Å². The fourth-order valence-corrected chi connectivity index (χ4v) is 3.84. The molecule has 0 aliphatic heterocycles. The summed E-state index contributed by atoms with van der Waals surface area (Å²) in [5, 5.41) is 15.2. The van der Waals surface area contributed by atoms with Crippen LogP contribution in [0.5, 0.6) is 0 Å². The normalized spacial score (nSPS) is 11.1. The van der Waals surface area contributed by atoms with E-state index in [2.05, 4.69) is 35.8 Å². The molecule has 0 aliphatic carbocycles. The first-order valence-corrected chi connectivity index (χ1v) is 10.7. The van der Waals surface area contributed by atoms with Crippen molar-refractivity contribution in [2.24, 2.45) is 0 Å². The van der Waals surface area contributed by atoms with Crippen molar-refractivity contribution in [3.05, 3.63) is 97.0 Å². The lowest BCUT2D eigenvalue weighted by Crippen LogP contribution is -2.11. The molecule has 3 aromatic carbocycles. The highest BCUT2D eigenvalue weighted by molar-refractivity contribution is 6.06. The molecule has 0 spiro atoms. The van der Waals surface area contributed by atoms with Gasteiger partial charge in [0.25, 0.3) is 5.91 Å². The summed E-state index contributed by atoms with van der Waals surface area (Å²) in [7, 11) is 0. The quantitative estimate of drug-likeness (QED) is 0.280. The van der Waals surface area contributed by atoms with Crippen LogP contribution in [0.25, 0.3) is 33.2 Å². The molecule has 0 saturated heterocycles. The van der Waals surface area contributed by atoms with Crippen LogP contribution in [0, 0.1) is 0 Å². The number of H-pyrrole nitrogens is 2. The second-order valence-electron chi connectivity index (χ2n) is 7.87. The molecule has 6 rings (SSSR count). The number of hydrogen-bond donors (Lipinski definition) is 4. The van der Waals surface area contributed by atoms with Gasteiger partial charge in [-0.3, -0.25) is 9.89 Å². The third-order valence-electron chi connectivity index (χ3n) is 5.53. The highest BCUT2D eigenvalue weighted by Crippen LogP contribution is 2.25. The maximum Gasteiger partial charge on any atom is 0.272 e. The van der Waals surface area contributed by atoms with Crippen LogP contribution in [0.4, 0.5) is 17.2 Å². The number of aromatic amines is 2. The number of hydrogen-bond acceptors (Lipinski definition) is 5. The molecule has 8 nitrogen and oxygen atoms in total. The number of carbonyl (C=O) groups excluding carboxylic acids is 1. The van der Waals surface area contributed by atoms with Gasteiger partial charge in [-0.15, -0.1) is 0 Å². The van der Waals surface area contributed by atoms with Gasteiger partial charge in [-0.25, -0.2) is 9.97 Å². The zero-order valence-electron chi connectivity index (χ0n) is 17.9. The van der Waals surface area contributed by atoms with E-state index in [0.29, 0.717) is 17.3 Å². The Morgan fingerprint density at radius 2 is 1.74 bits per heavy atom. The van der Waals surface area contributed by atoms with E-state index in [1.54, 1.807) is 12.4 Å². The lowest BCUT2D eigenvalue weighted by molar-refractivity contribution is 0.102. The van der Waals surface area contributed by atoms with E-state index in [1.165, 1.54) is 0 Å². The largest absolute Gasteiger partial charge is 0.350 e. The average molecular weight is 445 g/mol. The zero-order chi connectivity index (χ0) is 22.9. The molecule has 6 aromatic rings. The first-order valence-electron chi connectivity index (χ1n) is 10.7. The van der Waals surface area contributed by atoms with Crippen LogP contribution in [0.2, 0.25) is 0 Å². The van der Waals surface area contributed by atoms with E-state index in [1.807, 2.05) is 78.9 Å². The Balaban J connectivity index is 1.25. The van der Waals surface area contributed by atoms with Gasteiger partial charge < -0.3 is 15.6 Å². The number of amides is 1. The van der Waals surface area contributed by atoms with Gasteiger partial charge in [0.15, 0.2) is 5.82 Å². The minimum absolute atomic E-state index is 0.194. The molecule has 4 N–H and O–H groups in total. The van der Waals surface area contributed by atoms with E-state index in [-0.39, 0.29) is 5.91 Å². The smallest absolute Gasteiger partial charge is 0.272 e. The molecular formula is C26H19N7O. The van der Waals surface area contributed by atoms with Crippen LogP contribution >= 0.6 is 0 Å². The zero-order valence-corrected chi connectivity index (χ0v) is 17.9. The van der Waals surface area contributed by atoms with Gasteiger partial charge in [-0.05, 0) is 48.5 Å². The maximum atomic E-state index is 12.6. The second kappa shape index (κ2) is 8.18. The number of anilines is 3. The number of rotatable bonds is 5. The number of para-hydroxylation sites is 1. The Morgan fingerprint density at radius 1 is 0.824 bits per heavy atom. The Labute approximate surface area is 194 Å². The van der Waals surface area contributed by atoms with Crippen LogP contribution in [0.3, 0.4) is 0 Å². The van der Waals surface area contributed by atoms with Crippen molar-refractivity contribution in [3.63, 3.8) is 0 Å². The highest BCUT2D eigenvalue weighted by atomic mass is 16.1. The second-order valence-corrected chi connectivity index (χ2v) is 7.87. The molecule has 0 aliphatic rings. The van der Waals surface area contributed by atoms with Crippen LogP contribution < -0.4 is 10.6 Å². The predicted molar refractivity (Wildman–Crippen MR) is 133 cm³/mol. The summed E-state index contributed by atoms with van der Waals surface area (Å²) < 4.78 is 0. The molecule has 0 atom stereocenters. The summed E-state index contributed by atoms with van der Waals surface area (Å²) in [5.41, 5.74) is 4.80. The number of nitrogens with one attached hydrogen (secondary N) is 4. The van der Waals surface area contributed by atoms with Crippen molar-refractivity contribution in [2.75, 3.05) is 10.6 Å². The van der Waals surface area contributed by atoms with E-state index in [4.69, 9.17) is 0 Å². The number of carbonyl (C=O) groups is 1. The number of benzene rings is 3. The minimum Gasteiger partial charge on any atom is -0.350 e. The summed E-state index contributed by atoms with van der Waals surface area (Å²) in [6.45, 7) is 0. The Morgan fingerprint density at radius 3 is 2.65 bits per heavy atom. The lowest BCUT2D eigenvalue weighted by atomic mass is 10.1. The molecular weight excluding hydrogens is 426 g/mol.